The van der Waals surface area contributed by atoms with Crippen LogP contribution in [0.25, 0.3) is 0 Å². The Hall–Kier alpha value is -0.820. The van der Waals surface area contributed by atoms with Crippen LogP contribution in [0.2, 0.25) is 0 Å². The average Bonchev–Trinajstić information content (AvgIpc) is 2.69. The minimum absolute atomic E-state index is 0.343. The van der Waals surface area contributed by atoms with Crippen LogP contribution in [-0.4, -0.2) is 6.04 Å². The molecule has 0 saturated heterocycles. The Kier molecular flexibility index (Phi) is 5.25. The molecule has 1 fully saturated rings. The highest BCUT2D eigenvalue weighted by Gasteiger charge is 2.26. The zero-order valence-corrected chi connectivity index (χ0v) is 11.6. The van der Waals surface area contributed by atoms with Gasteiger partial charge in [0.1, 0.15) is 0 Å². The van der Waals surface area contributed by atoms with E-state index in [4.69, 9.17) is 5.73 Å². The van der Waals surface area contributed by atoms with E-state index in [-0.39, 0.29) is 0 Å². The van der Waals surface area contributed by atoms with Crippen molar-refractivity contribution in [3.8, 4) is 0 Å². The van der Waals surface area contributed by atoms with Crippen molar-refractivity contribution in [2.45, 2.75) is 63.8 Å². The molecule has 1 nitrogen and oxygen atoms in total. The standard InChI is InChI=1S/C17H27N/c1-2-16(14-10-8-5-9-11-14)17(18)15-12-6-3-4-7-13-15/h5,8-11,15-17H,2-4,6-7,12-13,18H2,1H3. The molecule has 0 radical (unpaired) electrons. The summed E-state index contributed by atoms with van der Waals surface area (Å²) in [5.74, 6) is 1.27. The van der Waals surface area contributed by atoms with Crippen LogP contribution in [0.3, 0.4) is 0 Å². The third-order valence-electron chi connectivity index (χ3n) is 4.58. The van der Waals surface area contributed by atoms with Gasteiger partial charge in [-0.25, -0.2) is 0 Å². The Bertz CT molecular complexity index is 325. The van der Waals surface area contributed by atoms with Gasteiger partial charge >= 0.3 is 0 Å². The van der Waals surface area contributed by atoms with Gasteiger partial charge in [-0.3, -0.25) is 0 Å². The van der Waals surface area contributed by atoms with Crippen LogP contribution in [0.5, 0.6) is 0 Å². The van der Waals surface area contributed by atoms with Crippen molar-refractivity contribution in [3.05, 3.63) is 35.9 Å². The lowest BCUT2D eigenvalue weighted by atomic mass is 9.79. The first-order valence-electron chi connectivity index (χ1n) is 7.63. The molecule has 1 aromatic carbocycles. The van der Waals surface area contributed by atoms with E-state index in [0.717, 1.165) is 12.3 Å². The summed E-state index contributed by atoms with van der Waals surface area (Å²) in [6.07, 6.45) is 9.40. The fourth-order valence-corrected chi connectivity index (χ4v) is 3.45. The van der Waals surface area contributed by atoms with Gasteiger partial charge in [0.15, 0.2) is 0 Å². The van der Waals surface area contributed by atoms with Crippen LogP contribution in [0.1, 0.15) is 63.4 Å². The summed E-state index contributed by atoms with van der Waals surface area (Å²) in [7, 11) is 0. The monoisotopic (exact) mass is 245 g/mol. The SMILES string of the molecule is CCC(c1ccccc1)C(N)C1CCCCCC1. The van der Waals surface area contributed by atoms with Gasteiger partial charge in [0.05, 0.1) is 0 Å². The molecule has 18 heavy (non-hydrogen) atoms. The van der Waals surface area contributed by atoms with Gasteiger partial charge in [-0.2, -0.15) is 0 Å². The molecule has 1 aliphatic carbocycles. The minimum atomic E-state index is 0.343. The fraction of sp³-hybridized carbons (Fsp3) is 0.647. The minimum Gasteiger partial charge on any atom is -0.327 e. The van der Waals surface area contributed by atoms with E-state index in [9.17, 15) is 0 Å². The summed E-state index contributed by atoms with van der Waals surface area (Å²) >= 11 is 0. The highest BCUT2D eigenvalue weighted by molar-refractivity contribution is 5.21. The van der Waals surface area contributed by atoms with E-state index in [2.05, 4.69) is 37.3 Å². The molecule has 2 atom stereocenters. The van der Waals surface area contributed by atoms with Crippen molar-refractivity contribution >= 4 is 0 Å². The summed E-state index contributed by atoms with van der Waals surface area (Å²) in [4.78, 5) is 0. The van der Waals surface area contributed by atoms with Crippen molar-refractivity contribution in [2.75, 3.05) is 0 Å². The molecule has 0 bridgehead atoms. The lowest BCUT2D eigenvalue weighted by molar-refractivity contribution is 0.326. The molecular weight excluding hydrogens is 218 g/mol. The van der Waals surface area contributed by atoms with Gasteiger partial charge in [-0.05, 0) is 36.7 Å². The molecule has 1 heteroatoms. The van der Waals surface area contributed by atoms with E-state index in [1.165, 1.54) is 44.1 Å². The number of benzene rings is 1. The molecule has 2 N–H and O–H groups in total. The van der Waals surface area contributed by atoms with Crippen molar-refractivity contribution in [1.82, 2.24) is 0 Å². The summed E-state index contributed by atoms with van der Waals surface area (Å²) in [6.45, 7) is 2.27. The summed E-state index contributed by atoms with van der Waals surface area (Å²) in [5, 5.41) is 0. The second-order valence-electron chi connectivity index (χ2n) is 5.75. The second-order valence-corrected chi connectivity index (χ2v) is 5.75. The van der Waals surface area contributed by atoms with Crippen LogP contribution in [-0.2, 0) is 0 Å². The van der Waals surface area contributed by atoms with Gasteiger partial charge in [0, 0.05) is 6.04 Å². The third kappa shape index (κ3) is 3.35. The molecule has 2 unspecified atom stereocenters. The van der Waals surface area contributed by atoms with Gasteiger partial charge in [-0.1, -0.05) is 62.9 Å². The molecular formula is C17H27N. The summed E-state index contributed by atoms with van der Waals surface area (Å²) < 4.78 is 0. The number of rotatable bonds is 4. The Morgan fingerprint density at radius 1 is 1.06 bits per heavy atom. The Balaban J connectivity index is 2.06. The lowest BCUT2D eigenvalue weighted by Crippen LogP contribution is -2.36. The smallest absolute Gasteiger partial charge is 0.0136 e. The summed E-state index contributed by atoms with van der Waals surface area (Å²) in [6, 6.07) is 11.2. The fourth-order valence-electron chi connectivity index (χ4n) is 3.45. The second kappa shape index (κ2) is 6.94. The quantitative estimate of drug-likeness (QED) is 0.778. The van der Waals surface area contributed by atoms with E-state index < -0.39 is 0 Å². The number of hydrogen-bond donors (Lipinski definition) is 1. The molecule has 0 heterocycles. The first kappa shape index (κ1) is 13.6. The largest absolute Gasteiger partial charge is 0.327 e. The Morgan fingerprint density at radius 2 is 1.67 bits per heavy atom. The topological polar surface area (TPSA) is 26.0 Å². The molecule has 2 rings (SSSR count). The lowest BCUT2D eigenvalue weighted by Gasteiger charge is -2.30. The maximum absolute atomic E-state index is 6.60. The van der Waals surface area contributed by atoms with Gasteiger partial charge < -0.3 is 5.73 Å². The zero-order chi connectivity index (χ0) is 12.8. The van der Waals surface area contributed by atoms with E-state index in [1.54, 1.807) is 0 Å². The average molecular weight is 245 g/mol. The first-order chi connectivity index (χ1) is 8.83. The maximum Gasteiger partial charge on any atom is 0.0136 e. The molecule has 1 aromatic rings. The number of hydrogen-bond acceptors (Lipinski definition) is 1. The van der Waals surface area contributed by atoms with Crippen LogP contribution in [0, 0.1) is 5.92 Å². The normalized spacial score (nSPS) is 21.2. The number of nitrogens with two attached hydrogens (primary N) is 1. The highest BCUT2D eigenvalue weighted by atomic mass is 14.7. The van der Waals surface area contributed by atoms with Crippen molar-refractivity contribution < 1.29 is 0 Å². The van der Waals surface area contributed by atoms with Gasteiger partial charge in [0.2, 0.25) is 0 Å². The molecule has 0 aliphatic heterocycles. The molecule has 1 aliphatic rings. The van der Waals surface area contributed by atoms with E-state index in [0.29, 0.717) is 12.0 Å². The van der Waals surface area contributed by atoms with Crippen LogP contribution in [0.15, 0.2) is 30.3 Å². The third-order valence-corrected chi connectivity index (χ3v) is 4.58. The van der Waals surface area contributed by atoms with Crippen LogP contribution in [0.4, 0.5) is 0 Å². The Morgan fingerprint density at radius 3 is 2.22 bits per heavy atom. The van der Waals surface area contributed by atoms with Gasteiger partial charge in [-0.15, -0.1) is 0 Å². The molecule has 100 valence electrons. The molecule has 1 saturated carbocycles. The first-order valence-corrected chi connectivity index (χ1v) is 7.63. The predicted octanol–water partition coefficient (Wildman–Crippen LogP) is 4.48. The Labute approximate surface area is 112 Å². The van der Waals surface area contributed by atoms with E-state index in [1.807, 2.05) is 0 Å². The highest BCUT2D eigenvalue weighted by Crippen LogP contribution is 2.33. The van der Waals surface area contributed by atoms with Gasteiger partial charge in [0.25, 0.3) is 0 Å². The zero-order valence-electron chi connectivity index (χ0n) is 11.6. The molecule has 0 aromatic heterocycles. The summed E-state index contributed by atoms with van der Waals surface area (Å²) in [5.41, 5.74) is 8.03. The van der Waals surface area contributed by atoms with E-state index >= 15 is 0 Å². The van der Waals surface area contributed by atoms with Crippen LogP contribution < -0.4 is 5.73 Å². The van der Waals surface area contributed by atoms with Crippen molar-refractivity contribution in [3.63, 3.8) is 0 Å². The maximum atomic E-state index is 6.60. The van der Waals surface area contributed by atoms with Crippen LogP contribution >= 0.6 is 0 Å². The van der Waals surface area contributed by atoms with Crippen molar-refractivity contribution in [1.29, 1.82) is 0 Å². The molecule has 0 spiro atoms. The van der Waals surface area contributed by atoms with Crippen molar-refractivity contribution in [2.24, 2.45) is 11.7 Å². The molecule has 0 amide bonds. The predicted molar refractivity (Wildman–Crippen MR) is 78.6 cm³/mol.